The molecule has 3 heterocycles. The molecule has 2 unspecified atom stereocenters. The van der Waals surface area contributed by atoms with E-state index in [4.69, 9.17) is 0 Å². The molecular weight excluding hydrogens is 220 g/mol. The van der Waals surface area contributed by atoms with Crippen molar-refractivity contribution in [2.75, 3.05) is 5.75 Å². The highest BCUT2D eigenvalue weighted by Crippen LogP contribution is 2.38. The van der Waals surface area contributed by atoms with Crippen molar-refractivity contribution in [2.24, 2.45) is 0 Å². The summed E-state index contributed by atoms with van der Waals surface area (Å²) >= 11 is 2.03. The summed E-state index contributed by atoms with van der Waals surface area (Å²) in [5.74, 6) is 2.47. The number of aryl methyl sites for hydroxylation is 1. The van der Waals surface area contributed by atoms with Gasteiger partial charge in [-0.25, -0.2) is 4.98 Å². The van der Waals surface area contributed by atoms with E-state index in [1.807, 2.05) is 18.0 Å². The first-order chi connectivity index (χ1) is 7.84. The number of fused-ring (bicyclic) bond motifs is 1. The number of aliphatic hydroxyl groups excluding tert-OH is 1. The first kappa shape index (κ1) is 10.7. The second-order valence-corrected chi connectivity index (χ2v) is 6.08. The normalized spacial score (nSPS) is 30.1. The summed E-state index contributed by atoms with van der Waals surface area (Å²) in [5.41, 5.74) is 1.31. The number of rotatable bonds is 1. The smallest absolute Gasteiger partial charge is 0.122 e. The van der Waals surface area contributed by atoms with Crippen molar-refractivity contribution in [1.29, 1.82) is 0 Å². The quantitative estimate of drug-likeness (QED) is 0.814. The molecule has 0 bridgehead atoms. The van der Waals surface area contributed by atoms with Crippen LogP contribution in [0.1, 0.15) is 42.5 Å². The Bertz CT molecular complexity index is 371. The lowest BCUT2D eigenvalue weighted by Gasteiger charge is -2.26. The Kier molecular flexibility index (Phi) is 2.94. The predicted octanol–water partition coefficient (Wildman–Crippen LogP) is 2.15. The number of imidazole rings is 1. The molecule has 2 aliphatic rings. The third-order valence-corrected chi connectivity index (χ3v) is 4.94. The van der Waals surface area contributed by atoms with Crippen LogP contribution in [0, 0.1) is 0 Å². The van der Waals surface area contributed by atoms with Gasteiger partial charge in [0.15, 0.2) is 0 Å². The Morgan fingerprint density at radius 3 is 3.12 bits per heavy atom. The molecule has 88 valence electrons. The first-order valence-electron chi connectivity index (χ1n) is 6.18. The van der Waals surface area contributed by atoms with Crippen molar-refractivity contribution in [3.63, 3.8) is 0 Å². The van der Waals surface area contributed by atoms with Gasteiger partial charge < -0.3 is 9.67 Å². The maximum atomic E-state index is 9.74. The van der Waals surface area contributed by atoms with Crippen LogP contribution in [0.5, 0.6) is 0 Å². The Morgan fingerprint density at radius 1 is 1.38 bits per heavy atom. The van der Waals surface area contributed by atoms with E-state index in [2.05, 4.69) is 9.55 Å². The van der Waals surface area contributed by atoms with E-state index in [0.717, 1.165) is 19.4 Å². The van der Waals surface area contributed by atoms with Crippen LogP contribution in [0.3, 0.4) is 0 Å². The third kappa shape index (κ3) is 1.89. The summed E-state index contributed by atoms with van der Waals surface area (Å²) in [6.07, 6.45) is 7.62. The molecule has 16 heavy (non-hydrogen) atoms. The van der Waals surface area contributed by atoms with Gasteiger partial charge in [-0.3, -0.25) is 0 Å². The lowest BCUT2D eigenvalue weighted by Crippen LogP contribution is -2.26. The average Bonchev–Trinajstić information content (AvgIpc) is 2.73. The Balaban J connectivity index is 1.86. The molecule has 2 aliphatic heterocycles. The summed E-state index contributed by atoms with van der Waals surface area (Å²) in [6.45, 7) is 0.752. The Labute approximate surface area is 100 Å². The van der Waals surface area contributed by atoms with Crippen molar-refractivity contribution in [3.05, 3.63) is 17.7 Å². The van der Waals surface area contributed by atoms with Gasteiger partial charge in [0.25, 0.3) is 0 Å². The number of hydrogen-bond donors (Lipinski definition) is 1. The van der Waals surface area contributed by atoms with Gasteiger partial charge in [0.05, 0.1) is 17.9 Å². The van der Waals surface area contributed by atoms with Gasteiger partial charge in [0.1, 0.15) is 5.82 Å². The second kappa shape index (κ2) is 4.41. The molecule has 0 radical (unpaired) electrons. The molecule has 3 nitrogen and oxygen atoms in total. The molecule has 4 heteroatoms. The van der Waals surface area contributed by atoms with Crippen LogP contribution < -0.4 is 0 Å². The number of aromatic nitrogens is 2. The van der Waals surface area contributed by atoms with Crippen LogP contribution in [0.25, 0.3) is 0 Å². The SMILES string of the molecule is OC1CCc2cnc(C3CCCCS3)n2C1. The lowest BCUT2D eigenvalue weighted by molar-refractivity contribution is 0.130. The monoisotopic (exact) mass is 238 g/mol. The van der Waals surface area contributed by atoms with Gasteiger partial charge in [-0.1, -0.05) is 6.42 Å². The molecule has 1 aromatic rings. The summed E-state index contributed by atoms with van der Waals surface area (Å²) < 4.78 is 2.26. The molecule has 2 atom stereocenters. The summed E-state index contributed by atoms with van der Waals surface area (Å²) in [5, 5.41) is 10.3. The van der Waals surface area contributed by atoms with E-state index >= 15 is 0 Å². The average molecular weight is 238 g/mol. The molecular formula is C12H18N2OS. The van der Waals surface area contributed by atoms with Crippen LogP contribution in [0.15, 0.2) is 6.20 Å². The maximum absolute atomic E-state index is 9.74. The fraction of sp³-hybridized carbons (Fsp3) is 0.750. The molecule has 3 rings (SSSR count). The molecule has 1 N–H and O–H groups in total. The zero-order chi connectivity index (χ0) is 11.0. The van der Waals surface area contributed by atoms with Gasteiger partial charge in [-0.2, -0.15) is 11.8 Å². The van der Waals surface area contributed by atoms with Crippen molar-refractivity contribution in [2.45, 2.75) is 50.0 Å². The largest absolute Gasteiger partial charge is 0.391 e. The number of hydrogen-bond acceptors (Lipinski definition) is 3. The molecule has 1 fully saturated rings. The third-order valence-electron chi connectivity index (χ3n) is 3.56. The Morgan fingerprint density at radius 2 is 2.31 bits per heavy atom. The first-order valence-corrected chi connectivity index (χ1v) is 7.23. The van der Waals surface area contributed by atoms with E-state index in [1.165, 1.54) is 36.5 Å². The lowest BCUT2D eigenvalue weighted by atomic mass is 10.1. The van der Waals surface area contributed by atoms with Crippen molar-refractivity contribution in [1.82, 2.24) is 9.55 Å². The van der Waals surface area contributed by atoms with Crippen LogP contribution in [-0.4, -0.2) is 26.5 Å². The van der Waals surface area contributed by atoms with Gasteiger partial charge in [-0.05, 0) is 31.4 Å². The van der Waals surface area contributed by atoms with Crippen molar-refractivity contribution < 1.29 is 5.11 Å². The predicted molar refractivity (Wildman–Crippen MR) is 65.6 cm³/mol. The minimum absolute atomic E-state index is 0.172. The van der Waals surface area contributed by atoms with Gasteiger partial charge in [0, 0.05) is 11.9 Å². The van der Waals surface area contributed by atoms with E-state index in [9.17, 15) is 5.11 Å². The van der Waals surface area contributed by atoms with E-state index in [1.54, 1.807) is 0 Å². The highest BCUT2D eigenvalue weighted by atomic mass is 32.2. The minimum atomic E-state index is -0.172. The summed E-state index contributed by atoms with van der Waals surface area (Å²) in [4.78, 5) is 4.59. The highest BCUT2D eigenvalue weighted by Gasteiger charge is 2.25. The van der Waals surface area contributed by atoms with Crippen LogP contribution in [-0.2, 0) is 13.0 Å². The molecule has 0 aliphatic carbocycles. The fourth-order valence-electron chi connectivity index (χ4n) is 2.66. The van der Waals surface area contributed by atoms with E-state index in [-0.39, 0.29) is 6.10 Å². The second-order valence-electron chi connectivity index (χ2n) is 4.77. The van der Waals surface area contributed by atoms with Gasteiger partial charge in [0.2, 0.25) is 0 Å². The topological polar surface area (TPSA) is 38.1 Å². The van der Waals surface area contributed by atoms with Crippen LogP contribution in [0.2, 0.25) is 0 Å². The number of thioether (sulfide) groups is 1. The zero-order valence-electron chi connectivity index (χ0n) is 9.43. The summed E-state index contributed by atoms with van der Waals surface area (Å²) in [6, 6.07) is 0. The van der Waals surface area contributed by atoms with Crippen LogP contribution in [0.4, 0.5) is 0 Å². The molecule has 1 saturated heterocycles. The molecule has 0 spiro atoms. The number of aliphatic hydroxyl groups is 1. The standard InChI is InChI=1S/C12H18N2OS/c15-10-5-4-9-7-13-12(14(9)8-10)11-3-1-2-6-16-11/h7,10-11,15H,1-6,8H2. The zero-order valence-corrected chi connectivity index (χ0v) is 10.2. The Hall–Kier alpha value is -0.480. The minimum Gasteiger partial charge on any atom is -0.391 e. The summed E-state index contributed by atoms with van der Waals surface area (Å²) in [7, 11) is 0. The van der Waals surface area contributed by atoms with Crippen molar-refractivity contribution in [3.8, 4) is 0 Å². The van der Waals surface area contributed by atoms with Gasteiger partial charge >= 0.3 is 0 Å². The fourth-order valence-corrected chi connectivity index (χ4v) is 3.98. The van der Waals surface area contributed by atoms with E-state index < -0.39 is 0 Å². The van der Waals surface area contributed by atoms with Crippen molar-refractivity contribution >= 4 is 11.8 Å². The van der Waals surface area contributed by atoms with Gasteiger partial charge in [-0.15, -0.1) is 0 Å². The maximum Gasteiger partial charge on any atom is 0.122 e. The van der Waals surface area contributed by atoms with Crippen LogP contribution >= 0.6 is 11.8 Å². The molecule has 0 aromatic carbocycles. The van der Waals surface area contributed by atoms with E-state index in [0.29, 0.717) is 5.25 Å². The molecule has 0 saturated carbocycles. The molecule has 0 amide bonds. The highest BCUT2D eigenvalue weighted by molar-refractivity contribution is 7.99. The molecule has 1 aromatic heterocycles. The number of nitrogens with zero attached hydrogens (tertiary/aromatic N) is 2.